The quantitative estimate of drug-likeness (QED) is 0.852. The molecular weight excluding hydrogens is 266 g/mol. The van der Waals surface area contributed by atoms with Crippen LogP contribution in [-0.2, 0) is 13.0 Å². The van der Waals surface area contributed by atoms with Gasteiger partial charge >= 0.3 is 0 Å². The Bertz CT molecular complexity index is 589. The van der Waals surface area contributed by atoms with E-state index in [9.17, 15) is 0 Å². The van der Waals surface area contributed by atoms with Gasteiger partial charge in [-0.25, -0.2) is 0 Å². The smallest absolute Gasteiger partial charge is 0.124 e. The molecule has 20 heavy (non-hydrogen) atoms. The monoisotopic (exact) mass is 285 g/mol. The summed E-state index contributed by atoms with van der Waals surface area (Å²) in [5.41, 5.74) is 7.77. The van der Waals surface area contributed by atoms with E-state index in [0.29, 0.717) is 13.2 Å². The third-order valence-corrected chi connectivity index (χ3v) is 3.80. The van der Waals surface area contributed by atoms with Crippen LogP contribution in [0.2, 0.25) is 0 Å². The Balaban J connectivity index is 1.96. The van der Waals surface area contributed by atoms with Crippen LogP contribution < -0.4 is 10.5 Å². The molecule has 2 nitrogen and oxygen atoms in total. The highest BCUT2D eigenvalue weighted by Crippen LogP contribution is 2.20. The summed E-state index contributed by atoms with van der Waals surface area (Å²) >= 11 is 1.66. The molecule has 2 aromatic rings. The van der Waals surface area contributed by atoms with E-state index in [1.165, 1.54) is 12.0 Å². The third kappa shape index (κ3) is 4.12. The van der Waals surface area contributed by atoms with Crippen molar-refractivity contribution in [2.75, 3.05) is 6.54 Å². The number of benzene rings is 1. The van der Waals surface area contributed by atoms with Crippen molar-refractivity contribution in [3.05, 3.63) is 51.7 Å². The molecule has 0 fully saturated rings. The largest absolute Gasteiger partial charge is 0.488 e. The molecule has 0 aliphatic carbocycles. The molecule has 1 aromatic heterocycles. The molecule has 104 valence electrons. The minimum absolute atomic E-state index is 0.384. The Morgan fingerprint density at radius 3 is 2.70 bits per heavy atom. The minimum atomic E-state index is 0.384. The van der Waals surface area contributed by atoms with Crippen LogP contribution in [0.1, 0.15) is 29.3 Å². The van der Waals surface area contributed by atoms with E-state index in [1.54, 1.807) is 11.3 Å². The molecule has 0 bridgehead atoms. The number of rotatable bonds is 5. The molecule has 0 aliphatic heterocycles. The van der Waals surface area contributed by atoms with Gasteiger partial charge < -0.3 is 10.5 Å². The lowest BCUT2D eigenvalue weighted by molar-refractivity contribution is 0.309. The van der Waals surface area contributed by atoms with Gasteiger partial charge in [-0.15, -0.1) is 11.3 Å². The summed E-state index contributed by atoms with van der Waals surface area (Å²) in [6.07, 6.45) is 2.28. The van der Waals surface area contributed by atoms with Gasteiger partial charge in [-0.2, -0.15) is 0 Å². The van der Waals surface area contributed by atoms with Crippen molar-refractivity contribution < 1.29 is 4.74 Å². The second-order valence-electron chi connectivity index (χ2n) is 4.45. The number of hydrogen-bond donors (Lipinski definition) is 1. The van der Waals surface area contributed by atoms with Crippen molar-refractivity contribution in [2.45, 2.75) is 26.4 Å². The normalized spacial score (nSPS) is 9.90. The van der Waals surface area contributed by atoms with Gasteiger partial charge in [-0.3, -0.25) is 0 Å². The van der Waals surface area contributed by atoms with Crippen LogP contribution in [0, 0.1) is 11.8 Å². The summed E-state index contributed by atoms with van der Waals surface area (Å²) in [7, 11) is 0. The number of aryl methyl sites for hydroxylation is 1. The summed E-state index contributed by atoms with van der Waals surface area (Å²) in [4.78, 5) is 1.14. The predicted molar refractivity (Wildman–Crippen MR) is 85.0 cm³/mol. The Kier molecular flexibility index (Phi) is 5.67. The second kappa shape index (κ2) is 7.74. The van der Waals surface area contributed by atoms with E-state index in [4.69, 9.17) is 10.5 Å². The Morgan fingerprint density at radius 2 is 2.00 bits per heavy atom. The highest BCUT2D eigenvalue weighted by atomic mass is 32.1. The van der Waals surface area contributed by atoms with Gasteiger partial charge in [0.2, 0.25) is 0 Å². The Hall–Kier alpha value is -1.76. The zero-order valence-corrected chi connectivity index (χ0v) is 12.5. The van der Waals surface area contributed by atoms with Crippen molar-refractivity contribution in [2.24, 2.45) is 5.73 Å². The molecule has 0 atom stereocenters. The molecule has 2 rings (SSSR count). The zero-order chi connectivity index (χ0) is 14.2. The first-order valence-corrected chi connectivity index (χ1v) is 7.68. The van der Waals surface area contributed by atoms with Gasteiger partial charge in [0, 0.05) is 5.56 Å². The predicted octanol–water partition coefficient (Wildman–Crippen LogP) is 3.59. The van der Waals surface area contributed by atoms with E-state index in [0.717, 1.165) is 22.6 Å². The fraction of sp³-hybridized carbons (Fsp3) is 0.294. The third-order valence-electron chi connectivity index (χ3n) is 2.90. The topological polar surface area (TPSA) is 35.2 Å². The molecule has 0 aliphatic rings. The van der Waals surface area contributed by atoms with Gasteiger partial charge in [0.1, 0.15) is 12.4 Å². The van der Waals surface area contributed by atoms with Crippen molar-refractivity contribution in [3.8, 4) is 17.6 Å². The van der Waals surface area contributed by atoms with Gasteiger partial charge in [0.15, 0.2) is 0 Å². The first-order chi connectivity index (χ1) is 9.83. The highest BCUT2D eigenvalue weighted by molar-refractivity contribution is 7.10. The zero-order valence-electron chi connectivity index (χ0n) is 11.7. The maximum atomic E-state index is 5.82. The van der Waals surface area contributed by atoms with Crippen LogP contribution in [0.3, 0.4) is 0 Å². The fourth-order valence-electron chi connectivity index (χ4n) is 1.90. The standard InChI is InChI=1S/C17H19NOS/c1-2-4-14-6-8-16(9-7-14)19-13-17-15(5-3-11-18)10-12-20-17/h6-10,12H,2,4,11,13,18H2,1H3. The van der Waals surface area contributed by atoms with Gasteiger partial charge in [0.25, 0.3) is 0 Å². The maximum absolute atomic E-state index is 5.82. The average molecular weight is 285 g/mol. The molecule has 0 saturated carbocycles. The van der Waals surface area contributed by atoms with Crippen LogP contribution in [0.5, 0.6) is 5.75 Å². The molecular formula is C17H19NOS. The molecule has 1 heterocycles. The summed E-state index contributed by atoms with van der Waals surface area (Å²) < 4.78 is 5.82. The van der Waals surface area contributed by atoms with Crippen molar-refractivity contribution in [1.29, 1.82) is 0 Å². The summed E-state index contributed by atoms with van der Waals surface area (Å²) in [5, 5.41) is 2.03. The lowest BCUT2D eigenvalue weighted by atomic mass is 10.1. The summed E-state index contributed by atoms with van der Waals surface area (Å²) in [6.45, 7) is 3.12. The number of nitrogens with two attached hydrogens (primary N) is 1. The molecule has 0 amide bonds. The summed E-state index contributed by atoms with van der Waals surface area (Å²) in [5.74, 6) is 6.85. The van der Waals surface area contributed by atoms with E-state index in [-0.39, 0.29) is 0 Å². The van der Waals surface area contributed by atoms with Gasteiger partial charge in [-0.05, 0) is 35.6 Å². The molecule has 0 unspecified atom stereocenters. The Labute approximate surface area is 124 Å². The molecule has 3 heteroatoms. The van der Waals surface area contributed by atoms with Crippen LogP contribution in [0.15, 0.2) is 35.7 Å². The number of hydrogen-bond acceptors (Lipinski definition) is 3. The van der Waals surface area contributed by atoms with Crippen LogP contribution in [0.25, 0.3) is 0 Å². The van der Waals surface area contributed by atoms with Crippen LogP contribution in [0.4, 0.5) is 0 Å². The SMILES string of the molecule is CCCc1ccc(OCc2sccc2C#CCN)cc1. The number of thiophene rings is 1. The van der Waals surface area contributed by atoms with Crippen molar-refractivity contribution >= 4 is 11.3 Å². The Morgan fingerprint density at radius 1 is 1.20 bits per heavy atom. The highest BCUT2D eigenvalue weighted by Gasteiger charge is 2.03. The molecule has 0 spiro atoms. The molecule has 0 radical (unpaired) electrons. The van der Waals surface area contributed by atoms with Gasteiger partial charge in [-0.1, -0.05) is 37.3 Å². The molecule has 2 N–H and O–H groups in total. The lowest BCUT2D eigenvalue weighted by Crippen LogP contribution is -1.96. The average Bonchev–Trinajstić information content (AvgIpc) is 2.92. The van der Waals surface area contributed by atoms with Crippen molar-refractivity contribution in [3.63, 3.8) is 0 Å². The van der Waals surface area contributed by atoms with E-state index in [1.807, 2.05) is 23.6 Å². The first kappa shape index (κ1) is 14.6. The lowest BCUT2D eigenvalue weighted by Gasteiger charge is -2.06. The van der Waals surface area contributed by atoms with Gasteiger partial charge in [0.05, 0.1) is 11.4 Å². The molecule has 1 aromatic carbocycles. The van der Waals surface area contributed by atoms with E-state index < -0.39 is 0 Å². The number of ether oxygens (including phenoxy) is 1. The molecule has 0 saturated heterocycles. The van der Waals surface area contributed by atoms with E-state index in [2.05, 4.69) is 30.9 Å². The van der Waals surface area contributed by atoms with E-state index >= 15 is 0 Å². The second-order valence-corrected chi connectivity index (χ2v) is 5.45. The maximum Gasteiger partial charge on any atom is 0.124 e. The first-order valence-electron chi connectivity index (χ1n) is 6.80. The fourth-order valence-corrected chi connectivity index (χ4v) is 2.64. The van der Waals surface area contributed by atoms with Crippen molar-refractivity contribution in [1.82, 2.24) is 0 Å². The van der Waals surface area contributed by atoms with Crippen LogP contribution in [-0.4, -0.2) is 6.54 Å². The summed E-state index contributed by atoms with van der Waals surface area (Å²) in [6, 6.07) is 10.3. The van der Waals surface area contributed by atoms with Crippen LogP contribution >= 0.6 is 11.3 Å². The minimum Gasteiger partial charge on any atom is -0.488 e.